The summed E-state index contributed by atoms with van der Waals surface area (Å²) in [4.78, 5) is 14.1. The highest BCUT2D eigenvalue weighted by Gasteiger charge is 2.22. The van der Waals surface area contributed by atoms with E-state index in [1.165, 1.54) is 7.11 Å². The second kappa shape index (κ2) is 4.35. The van der Waals surface area contributed by atoms with Gasteiger partial charge in [-0.1, -0.05) is 23.2 Å². The Morgan fingerprint density at radius 1 is 1.41 bits per heavy atom. The summed E-state index contributed by atoms with van der Waals surface area (Å²) in [6, 6.07) is 4.89. The van der Waals surface area contributed by atoms with Crippen LogP contribution in [-0.4, -0.2) is 17.0 Å². The molecule has 0 aliphatic heterocycles. The Balaban J connectivity index is 2.83. The maximum absolute atomic E-state index is 10.8. The van der Waals surface area contributed by atoms with Gasteiger partial charge in [0.2, 0.25) is 5.15 Å². The van der Waals surface area contributed by atoms with Crippen LogP contribution in [0, 0.1) is 10.1 Å². The van der Waals surface area contributed by atoms with E-state index in [0.717, 1.165) is 0 Å². The average molecular weight is 273 g/mol. The van der Waals surface area contributed by atoms with Gasteiger partial charge in [0.1, 0.15) is 10.8 Å². The van der Waals surface area contributed by atoms with Gasteiger partial charge in [-0.15, -0.1) is 0 Å². The van der Waals surface area contributed by atoms with Gasteiger partial charge in [-0.05, 0) is 18.2 Å². The zero-order valence-corrected chi connectivity index (χ0v) is 10.1. The van der Waals surface area contributed by atoms with E-state index in [4.69, 9.17) is 27.9 Å². The van der Waals surface area contributed by atoms with E-state index in [9.17, 15) is 10.1 Å². The van der Waals surface area contributed by atoms with Crippen molar-refractivity contribution in [1.82, 2.24) is 4.98 Å². The summed E-state index contributed by atoms with van der Waals surface area (Å²) < 4.78 is 5.02. The number of nitrogens with zero attached hydrogens (tertiary/aromatic N) is 2. The van der Waals surface area contributed by atoms with Crippen LogP contribution in [0.3, 0.4) is 0 Å². The van der Waals surface area contributed by atoms with E-state index in [1.807, 2.05) is 0 Å². The first kappa shape index (κ1) is 11.9. The van der Waals surface area contributed by atoms with Crippen LogP contribution in [-0.2, 0) is 0 Å². The first-order chi connectivity index (χ1) is 8.04. The molecule has 0 unspecified atom stereocenters. The normalized spacial score (nSPS) is 10.5. The van der Waals surface area contributed by atoms with E-state index in [-0.39, 0.29) is 10.2 Å². The lowest BCUT2D eigenvalue weighted by atomic mass is 10.2. The van der Waals surface area contributed by atoms with Gasteiger partial charge in [-0.3, -0.25) is 10.1 Å². The molecule has 2 rings (SSSR count). The quantitative estimate of drug-likeness (QED) is 0.477. The Labute approximate surface area is 106 Å². The van der Waals surface area contributed by atoms with Crippen molar-refractivity contribution in [1.29, 1.82) is 0 Å². The monoisotopic (exact) mass is 272 g/mol. The van der Waals surface area contributed by atoms with Crippen LogP contribution in [0.5, 0.6) is 5.75 Å². The molecule has 0 atom stereocenters. The fourth-order valence-corrected chi connectivity index (χ4v) is 2.06. The lowest BCUT2D eigenvalue weighted by Crippen LogP contribution is -1.94. The van der Waals surface area contributed by atoms with Crippen LogP contribution in [0.15, 0.2) is 18.2 Å². The maximum Gasteiger partial charge on any atom is 0.325 e. The summed E-state index contributed by atoms with van der Waals surface area (Å²) >= 11 is 11.7. The van der Waals surface area contributed by atoms with Crippen molar-refractivity contribution in [3.05, 3.63) is 38.5 Å². The third kappa shape index (κ3) is 1.99. The number of methoxy groups -OCH3 is 1. The molecular formula is C10H6Cl2N2O3. The molecule has 88 valence electrons. The van der Waals surface area contributed by atoms with Crippen molar-refractivity contribution in [2.45, 2.75) is 0 Å². The molecule has 0 aliphatic carbocycles. The van der Waals surface area contributed by atoms with Gasteiger partial charge >= 0.3 is 5.69 Å². The van der Waals surface area contributed by atoms with Crippen molar-refractivity contribution >= 4 is 39.8 Å². The predicted octanol–water partition coefficient (Wildman–Crippen LogP) is 3.46. The summed E-state index contributed by atoms with van der Waals surface area (Å²) in [6.07, 6.45) is 0. The molecule has 1 aromatic heterocycles. The van der Waals surface area contributed by atoms with Gasteiger partial charge in [-0.2, -0.15) is 0 Å². The minimum Gasteiger partial charge on any atom is -0.497 e. The number of hydrogen-bond acceptors (Lipinski definition) is 4. The highest BCUT2D eigenvalue weighted by molar-refractivity contribution is 6.41. The number of benzene rings is 1. The number of hydrogen-bond donors (Lipinski definition) is 0. The van der Waals surface area contributed by atoms with Gasteiger partial charge in [0.25, 0.3) is 0 Å². The van der Waals surface area contributed by atoms with E-state index in [0.29, 0.717) is 16.7 Å². The molecule has 1 heterocycles. The molecular weight excluding hydrogens is 267 g/mol. The smallest absolute Gasteiger partial charge is 0.325 e. The molecule has 0 bridgehead atoms. The fourth-order valence-electron chi connectivity index (χ4n) is 1.45. The zero-order chi connectivity index (χ0) is 12.6. The molecule has 0 fully saturated rings. The molecule has 2 aromatic rings. The van der Waals surface area contributed by atoms with Crippen molar-refractivity contribution in [2.75, 3.05) is 7.11 Å². The second-order valence-electron chi connectivity index (χ2n) is 3.21. The maximum atomic E-state index is 10.8. The zero-order valence-electron chi connectivity index (χ0n) is 8.61. The third-order valence-corrected chi connectivity index (χ3v) is 2.89. The standard InChI is InChI=1S/C10H6Cl2N2O3/c1-17-5-2-3-7-6(4-5)8(11)9(14(15)16)10(12)13-7/h2-4H,1H3. The highest BCUT2D eigenvalue weighted by Crippen LogP contribution is 2.37. The summed E-state index contributed by atoms with van der Waals surface area (Å²) in [5.74, 6) is 0.540. The Morgan fingerprint density at radius 3 is 2.71 bits per heavy atom. The van der Waals surface area contributed by atoms with Crippen LogP contribution in [0.4, 0.5) is 5.69 Å². The number of aromatic nitrogens is 1. The minimum atomic E-state index is -0.656. The Kier molecular flexibility index (Phi) is 3.04. The summed E-state index contributed by atoms with van der Waals surface area (Å²) in [7, 11) is 1.49. The molecule has 0 aliphatic rings. The van der Waals surface area contributed by atoms with Crippen LogP contribution in [0.2, 0.25) is 10.2 Å². The van der Waals surface area contributed by atoms with E-state index in [1.54, 1.807) is 18.2 Å². The van der Waals surface area contributed by atoms with Crippen LogP contribution in [0.25, 0.3) is 10.9 Å². The van der Waals surface area contributed by atoms with Crippen molar-refractivity contribution in [2.24, 2.45) is 0 Å². The Morgan fingerprint density at radius 2 is 2.12 bits per heavy atom. The van der Waals surface area contributed by atoms with Gasteiger partial charge in [-0.25, -0.2) is 4.98 Å². The first-order valence-electron chi connectivity index (χ1n) is 4.51. The third-order valence-electron chi connectivity index (χ3n) is 2.24. The van der Waals surface area contributed by atoms with E-state index in [2.05, 4.69) is 4.98 Å². The van der Waals surface area contributed by atoms with E-state index >= 15 is 0 Å². The molecule has 1 aromatic carbocycles. The number of pyridine rings is 1. The molecule has 0 N–H and O–H groups in total. The van der Waals surface area contributed by atoms with Crippen LogP contribution in [0.1, 0.15) is 0 Å². The molecule has 0 saturated carbocycles. The largest absolute Gasteiger partial charge is 0.497 e. The summed E-state index contributed by atoms with van der Waals surface area (Å²) in [5.41, 5.74) is 0.0838. The van der Waals surface area contributed by atoms with E-state index < -0.39 is 10.6 Å². The average Bonchev–Trinajstić information content (AvgIpc) is 2.28. The van der Waals surface area contributed by atoms with Gasteiger partial charge in [0.15, 0.2) is 0 Å². The second-order valence-corrected chi connectivity index (χ2v) is 3.94. The van der Waals surface area contributed by atoms with Crippen molar-refractivity contribution in [3.8, 4) is 5.75 Å². The number of ether oxygens (including phenoxy) is 1. The van der Waals surface area contributed by atoms with Crippen molar-refractivity contribution < 1.29 is 9.66 Å². The number of nitro groups is 1. The number of rotatable bonds is 2. The Bertz CT molecular complexity index is 616. The predicted molar refractivity (Wildman–Crippen MR) is 65.0 cm³/mol. The SMILES string of the molecule is COc1ccc2nc(Cl)c([N+](=O)[O-])c(Cl)c2c1. The topological polar surface area (TPSA) is 65.3 Å². The summed E-state index contributed by atoms with van der Waals surface area (Å²) in [5, 5.41) is 11.0. The van der Waals surface area contributed by atoms with Crippen molar-refractivity contribution in [3.63, 3.8) is 0 Å². The van der Waals surface area contributed by atoms with Gasteiger partial charge in [0, 0.05) is 5.39 Å². The first-order valence-corrected chi connectivity index (χ1v) is 5.27. The molecule has 7 heteroatoms. The lowest BCUT2D eigenvalue weighted by Gasteiger charge is -2.05. The molecule has 0 saturated heterocycles. The number of halogens is 2. The molecule has 0 spiro atoms. The summed E-state index contributed by atoms with van der Waals surface area (Å²) in [6.45, 7) is 0. The fraction of sp³-hybridized carbons (Fsp3) is 0.100. The molecule has 0 radical (unpaired) electrons. The molecule has 17 heavy (non-hydrogen) atoms. The van der Waals surface area contributed by atoms with Gasteiger partial charge < -0.3 is 4.74 Å². The van der Waals surface area contributed by atoms with Crippen LogP contribution < -0.4 is 4.74 Å². The highest BCUT2D eigenvalue weighted by atomic mass is 35.5. The Hall–Kier alpha value is -1.59. The molecule has 5 nitrogen and oxygen atoms in total. The number of fused-ring (bicyclic) bond motifs is 1. The lowest BCUT2D eigenvalue weighted by molar-refractivity contribution is -0.384. The minimum absolute atomic E-state index is 0.0381. The molecule has 0 amide bonds. The van der Waals surface area contributed by atoms with Crippen LogP contribution >= 0.6 is 23.2 Å². The van der Waals surface area contributed by atoms with Gasteiger partial charge in [0.05, 0.1) is 17.5 Å².